The average Bonchev–Trinajstić information content (AvgIpc) is 3.13. The highest BCUT2D eigenvalue weighted by molar-refractivity contribution is 7.80. The molecule has 158 valence electrons. The average molecular weight is 420 g/mol. The molecule has 0 bridgehead atoms. The summed E-state index contributed by atoms with van der Waals surface area (Å²) in [5, 5.41) is 9.90. The van der Waals surface area contributed by atoms with Crippen LogP contribution < -0.4 is 16.3 Å². The Bertz CT molecular complexity index is 783. The topological polar surface area (TPSA) is 175 Å². The van der Waals surface area contributed by atoms with Gasteiger partial charge in [0.25, 0.3) is 5.91 Å². The molecule has 14 heteroatoms. The summed E-state index contributed by atoms with van der Waals surface area (Å²) >= 11 is 0. The fourth-order valence-corrected chi connectivity index (χ4v) is 3.01. The van der Waals surface area contributed by atoms with E-state index in [2.05, 4.69) is 25.3 Å². The molecule has 1 unspecified atom stereocenters. The highest BCUT2D eigenvalue weighted by atomic mass is 32.3. The number of nitrogens with one attached hydrogen (secondary N) is 4. The summed E-state index contributed by atoms with van der Waals surface area (Å²) < 4.78 is 33.7. The van der Waals surface area contributed by atoms with Crippen molar-refractivity contribution in [2.75, 3.05) is 13.1 Å². The largest absolute Gasteiger partial charge is 0.418 e. The molecule has 5 N–H and O–H groups in total. The number of urea groups is 1. The predicted octanol–water partition coefficient (Wildman–Crippen LogP) is -0.464. The number of hydrogen-bond donors (Lipinski definition) is 5. The molecule has 28 heavy (non-hydrogen) atoms. The summed E-state index contributed by atoms with van der Waals surface area (Å²) in [5.41, 5.74) is 5.62. The number of amides is 3. The van der Waals surface area contributed by atoms with Crippen molar-refractivity contribution in [3.63, 3.8) is 0 Å². The first kappa shape index (κ1) is 22.0. The van der Waals surface area contributed by atoms with Crippen molar-refractivity contribution in [1.82, 2.24) is 31.4 Å². The maximum Gasteiger partial charge on any atom is 0.418 e. The Balaban J connectivity index is 2.01. The van der Waals surface area contributed by atoms with Gasteiger partial charge in [-0.1, -0.05) is 13.3 Å². The fraction of sp³-hybridized carbons (Fsp3) is 0.643. The van der Waals surface area contributed by atoms with E-state index in [0.29, 0.717) is 25.9 Å². The van der Waals surface area contributed by atoms with Crippen LogP contribution in [0.2, 0.25) is 0 Å². The number of aromatic nitrogens is 2. The normalized spacial score (nSPS) is 17.5. The Morgan fingerprint density at radius 3 is 2.82 bits per heavy atom. The molecule has 0 radical (unpaired) electrons. The number of H-pyrrole nitrogens is 1. The minimum absolute atomic E-state index is 0.0790. The maximum atomic E-state index is 12.6. The van der Waals surface area contributed by atoms with Crippen LogP contribution in [0.4, 0.5) is 4.79 Å². The van der Waals surface area contributed by atoms with Crippen LogP contribution in [0, 0.1) is 0 Å². The van der Waals surface area contributed by atoms with E-state index >= 15 is 0 Å². The molecular formula is C14H24N6O7S. The Labute approximate surface area is 162 Å². The summed E-state index contributed by atoms with van der Waals surface area (Å²) in [4.78, 5) is 31.3. The lowest BCUT2D eigenvalue weighted by molar-refractivity contribution is -0.144. The van der Waals surface area contributed by atoms with Gasteiger partial charge in [-0.25, -0.2) is 10.3 Å². The van der Waals surface area contributed by atoms with Crippen molar-refractivity contribution in [2.45, 2.75) is 45.4 Å². The van der Waals surface area contributed by atoms with Crippen LogP contribution in [0.25, 0.3) is 0 Å². The summed E-state index contributed by atoms with van der Waals surface area (Å²) in [6.45, 7) is 4.58. The number of aromatic amines is 1. The van der Waals surface area contributed by atoms with E-state index < -0.39 is 34.5 Å². The molecule has 1 aromatic rings. The van der Waals surface area contributed by atoms with Crippen molar-refractivity contribution < 1.29 is 31.7 Å². The van der Waals surface area contributed by atoms with Gasteiger partial charge in [0.15, 0.2) is 0 Å². The monoisotopic (exact) mass is 420 g/mol. The molecule has 2 heterocycles. The minimum atomic E-state index is -4.87. The van der Waals surface area contributed by atoms with E-state index in [4.69, 9.17) is 9.39 Å². The Kier molecular flexibility index (Phi) is 7.70. The Morgan fingerprint density at radius 1 is 1.43 bits per heavy atom. The molecule has 0 aromatic carbocycles. The van der Waals surface area contributed by atoms with E-state index in [1.165, 1.54) is 0 Å². The van der Waals surface area contributed by atoms with E-state index in [9.17, 15) is 18.0 Å². The molecule has 1 aliphatic heterocycles. The van der Waals surface area contributed by atoms with Gasteiger partial charge in [0, 0.05) is 25.2 Å². The number of hydrogen-bond acceptors (Lipinski definition) is 8. The van der Waals surface area contributed by atoms with Crippen molar-refractivity contribution >= 4 is 22.3 Å². The molecule has 0 saturated carbocycles. The van der Waals surface area contributed by atoms with Gasteiger partial charge in [-0.2, -0.15) is 19.0 Å². The highest BCUT2D eigenvalue weighted by Crippen LogP contribution is 2.22. The van der Waals surface area contributed by atoms with Crippen LogP contribution in [0.5, 0.6) is 0 Å². The second kappa shape index (κ2) is 9.79. The first-order chi connectivity index (χ1) is 13.3. The summed E-state index contributed by atoms with van der Waals surface area (Å²) in [6, 6.07) is -1.94. The third kappa shape index (κ3) is 5.87. The molecule has 0 spiro atoms. The van der Waals surface area contributed by atoms with Gasteiger partial charge < -0.3 is 10.2 Å². The Morgan fingerprint density at radius 2 is 2.18 bits per heavy atom. The zero-order chi connectivity index (χ0) is 20.7. The van der Waals surface area contributed by atoms with Crippen LogP contribution in [-0.2, 0) is 30.9 Å². The number of nitrogens with zero attached hydrogens (tertiary/aromatic N) is 2. The summed E-state index contributed by atoms with van der Waals surface area (Å²) in [7, 11) is -4.87. The van der Waals surface area contributed by atoms with Gasteiger partial charge in [-0.15, -0.1) is 4.28 Å². The highest BCUT2D eigenvalue weighted by Gasteiger charge is 2.31. The molecule has 3 amide bonds. The number of fused-ring (bicyclic) bond motifs is 1. The smallest absolute Gasteiger partial charge is 0.311 e. The van der Waals surface area contributed by atoms with Gasteiger partial charge in [0.1, 0.15) is 12.1 Å². The van der Waals surface area contributed by atoms with Gasteiger partial charge >= 0.3 is 16.4 Å². The Hall–Kier alpha value is -2.26. The number of likely N-dealkylation sites (N-methyl/N-ethyl adjacent to an activating group) is 1. The van der Waals surface area contributed by atoms with Crippen molar-refractivity contribution in [3.05, 3.63) is 17.5 Å². The van der Waals surface area contributed by atoms with Gasteiger partial charge in [-0.05, 0) is 13.3 Å². The summed E-state index contributed by atoms with van der Waals surface area (Å²) in [5.74, 6) is -0.582. The summed E-state index contributed by atoms with van der Waals surface area (Å²) in [6.07, 6.45) is 2.02. The molecule has 1 aromatic heterocycles. The second-order valence-corrected chi connectivity index (χ2v) is 7.04. The lowest BCUT2D eigenvalue weighted by Gasteiger charge is -2.30. The predicted molar refractivity (Wildman–Crippen MR) is 94.5 cm³/mol. The van der Waals surface area contributed by atoms with Crippen LogP contribution in [0.1, 0.15) is 44.1 Å². The standard InChI is InChI=1S/C14H24N6O7S/c1-3-5-11(20(4-2)14(22)19-27-28(23,24)25)13(21)18-26-12-8-15-7-10-9(12)6-16-17-10/h6,11-12,15H,3-5,7-8H2,1-2H3,(H,16,17)(H,18,21)(H,19,22)(H,23,24,25)/t11-,12?/m0/s1. The van der Waals surface area contributed by atoms with Crippen molar-refractivity contribution in [2.24, 2.45) is 0 Å². The van der Waals surface area contributed by atoms with Crippen LogP contribution >= 0.6 is 0 Å². The van der Waals surface area contributed by atoms with Gasteiger partial charge in [0.2, 0.25) is 0 Å². The van der Waals surface area contributed by atoms with E-state index in [0.717, 1.165) is 16.2 Å². The third-order valence-corrected chi connectivity index (χ3v) is 4.40. The van der Waals surface area contributed by atoms with Crippen LogP contribution in [-0.4, -0.2) is 59.1 Å². The molecule has 2 rings (SSSR count). The fourth-order valence-electron chi connectivity index (χ4n) is 2.84. The lowest BCUT2D eigenvalue weighted by Crippen LogP contribution is -2.53. The van der Waals surface area contributed by atoms with Gasteiger partial charge in [-0.3, -0.25) is 19.3 Å². The number of hydroxylamine groups is 2. The zero-order valence-electron chi connectivity index (χ0n) is 15.5. The quantitative estimate of drug-likeness (QED) is 0.261. The first-order valence-corrected chi connectivity index (χ1v) is 10.0. The van der Waals surface area contributed by atoms with Crippen molar-refractivity contribution in [3.8, 4) is 0 Å². The molecule has 0 aliphatic carbocycles. The minimum Gasteiger partial charge on any atom is -0.311 e. The number of carbonyl (C=O) groups is 2. The number of rotatable bonds is 9. The molecule has 0 saturated heterocycles. The van der Waals surface area contributed by atoms with E-state index in [-0.39, 0.29) is 6.54 Å². The van der Waals surface area contributed by atoms with E-state index in [1.807, 2.05) is 6.92 Å². The van der Waals surface area contributed by atoms with Crippen molar-refractivity contribution in [1.29, 1.82) is 0 Å². The SMILES string of the molecule is CCC[C@@H](C(=O)NOC1CNCc2[nH]ncc21)N(CC)C(=O)NOS(=O)(=O)O. The maximum absolute atomic E-state index is 12.6. The molecule has 13 nitrogen and oxygen atoms in total. The van der Waals surface area contributed by atoms with Gasteiger partial charge in [0.05, 0.1) is 11.9 Å². The number of carbonyl (C=O) groups excluding carboxylic acids is 2. The zero-order valence-corrected chi connectivity index (χ0v) is 16.3. The second-order valence-electron chi connectivity index (χ2n) is 6.02. The lowest BCUT2D eigenvalue weighted by atomic mass is 10.1. The first-order valence-electron chi connectivity index (χ1n) is 8.67. The van der Waals surface area contributed by atoms with Crippen LogP contribution in [0.3, 0.4) is 0 Å². The molecule has 1 aliphatic rings. The molecular weight excluding hydrogens is 396 g/mol. The van der Waals surface area contributed by atoms with Crippen LogP contribution in [0.15, 0.2) is 6.20 Å². The molecule has 2 atom stereocenters. The molecule has 0 fully saturated rings. The van der Waals surface area contributed by atoms with E-state index in [1.54, 1.807) is 18.6 Å². The third-order valence-electron chi connectivity index (χ3n) is 4.11.